The molecule has 6 heteroatoms. The molecule has 0 atom stereocenters. The quantitative estimate of drug-likeness (QED) is 0.564. The van der Waals surface area contributed by atoms with Crippen molar-refractivity contribution in [3.8, 4) is 5.75 Å². The summed E-state index contributed by atoms with van der Waals surface area (Å²) >= 11 is 0. The van der Waals surface area contributed by atoms with Crippen LogP contribution in [-0.2, 0) is 10.0 Å². The number of nitrogen functional groups attached to an aromatic ring is 1. The molecule has 0 saturated heterocycles. The van der Waals surface area contributed by atoms with Gasteiger partial charge in [-0.15, -0.1) is 0 Å². The van der Waals surface area contributed by atoms with Crippen LogP contribution in [0, 0.1) is 0 Å². The van der Waals surface area contributed by atoms with Crippen LogP contribution in [-0.4, -0.2) is 27.3 Å². The van der Waals surface area contributed by atoms with Crippen LogP contribution >= 0.6 is 0 Å². The van der Waals surface area contributed by atoms with Gasteiger partial charge in [-0.1, -0.05) is 6.92 Å². The molecule has 96 valence electrons. The maximum atomic E-state index is 11.3. The van der Waals surface area contributed by atoms with E-state index in [0.717, 1.165) is 0 Å². The number of hydrogen-bond donors (Lipinski definition) is 2. The van der Waals surface area contributed by atoms with Gasteiger partial charge in [-0.05, 0) is 30.7 Å². The monoisotopic (exact) mass is 258 g/mol. The summed E-state index contributed by atoms with van der Waals surface area (Å²) in [5.41, 5.74) is 6.19. The molecule has 0 fully saturated rings. The van der Waals surface area contributed by atoms with Crippen molar-refractivity contribution in [2.24, 2.45) is 0 Å². The first-order chi connectivity index (χ1) is 8.03. The number of nitrogens with one attached hydrogen (secondary N) is 1. The van der Waals surface area contributed by atoms with Crippen molar-refractivity contribution in [1.82, 2.24) is 4.72 Å². The van der Waals surface area contributed by atoms with Crippen LogP contribution in [0.4, 0.5) is 5.69 Å². The van der Waals surface area contributed by atoms with Gasteiger partial charge in [-0.3, -0.25) is 0 Å². The number of rotatable bonds is 7. The molecule has 0 aliphatic rings. The first-order valence-corrected chi connectivity index (χ1v) is 7.14. The molecule has 0 bridgehead atoms. The van der Waals surface area contributed by atoms with E-state index in [2.05, 4.69) is 4.72 Å². The van der Waals surface area contributed by atoms with Crippen molar-refractivity contribution < 1.29 is 13.2 Å². The summed E-state index contributed by atoms with van der Waals surface area (Å²) < 4.78 is 30.4. The Morgan fingerprint density at radius 1 is 1.29 bits per heavy atom. The molecule has 0 radical (unpaired) electrons. The Kier molecular flexibility index (Phi) is 5.24. The molecule has 3 N–H and O–H groups in total. The number of ether oxygens (including phenoxy) is 1. The minimum Gasteiger partial charge on any atom is -0.492 e. The molecule has 1 aromatic carbocycles. The number of hydrogen-bond acceptors (Lipinski definition) is 4. The Labute approximate surface area is 102 Å². The van der Waals surface area contributed by atoms with Crippen LogP contribution < -0.4 is 15.2 Å². The maximum absolute atomic E-state index is 11.3. The minimum absolute atomic E-state index is 0.148. The van der Waals surface area contributed by atoms with E-state index >= 15 is 0 Å². The summed E-state index contributed by atoms with van der Waals surface area (Å²) in [5, 5.41) is 0. The van der Waals surface area contributed by atoms with Crippen molar-refractivity contribution in [1.29, 1.82) is 0 Å². The Morgan fingerprint density at radius 2 is 1.94 bits per heavy atom. The Hall–Kier alpha value is -1.27. The largest absolute Gasteiger partial charge is 0.492 e. The van der Waals surface area contributed by atoms with Crippen molar-refractivity contribution >= 4 is 15.7 Å². The van der Waals surface area contributed by atoms with Gasteiger partial charge in [0.15, 0.2) is 0 Å². The molecule has 0 aliphatic heterocycles. The van der Waals surface area contributed by atoms with Crippen LogP contribution in [0.15, 0.2) is 24.3 Å². The lowest BCUT2D eigenvalue weighted by molar-refractivity contribution is 0.323. The zero-order chi connectivity index (χ0) is 12.7. The highest BCUT2D eigenvalue weighted by atomic mass is 32.2. The molecule has 0 heterocycles. The summed E-state index contributed by atoms with van der Waals surface area (Å²) in [6.07, 6.45) is 0.605. The molecule has 0 aliphatic carbocycles. The van der Waals surface area contributed by atoms with Gasteiger partial charge in [0.05, 0.1) is 5.75 Å². The van der Waals surface area contributed by atoms with E-state index in [4.69, 9.17) is 10.5 Å². The molecule has 1 aromatic rings. The third-order valence-corrected chi connectivity index (χ3v) is 3.64. The van der Waals surface area contributed by atoms with Gasteiger partial charge in [0.25, 0.3) is 0 Å². The lowest BCUT2D eigenvalue weighted by atomic mass is 10.3. The standard InChI is InChI=1S/C11H18N2O3S/c1-2-9-17(14,15)13-7-8-16-11-5-3-10(12)4-6-11/h3-6,13H,2,7-9,12H2,1H3. The van der Waals surface area contributed by atoms with E-state index in [0.29, 0.717) is 24.5 Å². The maximum Gasteiger partial charge on any atom is 0.211 e. The fraction of sp³-hybridized carbons (Fsp3) is 0.455. The average molecular weight is 258 g/mol. The summed E-state index contributed by atoms with van der Waals surface area (Å²) in [7, 11) is -3.14. The summed E-state index contributed by atoms with van der Waals surface area (Å²) in [6.45, 7) is 2.39. The van der Waals surface area contributed by atoms with E-state index in [-0.39, 0.29) is 12.3 Å². The van der Waals surface area contributed by atoms with Crippen LogP contribution in [0.25, 0.3) is 0 Å². The first kappa shape index (κ1) is 13.8. The molecular formula is C11H18N2O3S. The SMILES string of the molecule is CCCS(=O)(=O)NCCOc1ccc(N)cc1. The lowest BCUT2D eigenvalue weighted by Crippen LogP contribution is -2.30. The molecule has 5 nitrogen and oxygen atoms in total. The number of sulfonamides is 1. The fourth-order valence-electron chi connectivity index (χ4n) is 1.27. The average Bonchev–Trinajstić information content (AvgIpc) is 2.27. The van der Waals surface area contributed by atoms with Gasteiger partial charge in [0.1, 0.15) is 12.4 Å². The third-order valence-electron chi connectivity index (χ3n) is 2.05. The van der Waals surface area contributed by atoms with Gasteiger partial charge in [-0.25, -0.2) is 13.1 Å². The molecule has 1 rings (SSSR count). The van der Waals surface area contributed by atoms with Crippen molar-refractivity contribution in [2.45, 2.75) is 13.3 Å². The minimum atomic E-state index is -3.14. The Morgan fingerprint density at radius 3 is 2.53 bits per heavy atom. The number of nitrogens with two attached hydrogens (primary N) is 1. The van der Waals surface area contributed by atoms with E-state index in [1.54, 1.807) is 24.3 Å². The van der Waals surface area contributed by atoms with Gasteiger partial charge >= 0.3 is 0 Å². The predicted octanol–water partition coefficient (Wildman–Crippen LogP) is 0.977. The van der Waals surface area contributed by atoms with Gasteiger partial charge in [0.2, 0.25) is 10.0 Å². The van der Waals surface area contributed by atoms with Gasteiger partial charge in [-0.2, -0.15) is 0 Å². The summed E-state index contributed by atoms with van der Waals surface area (Å²) in [4.78, 5) is 0. The van der Waals surface area contributed by atoms with Crippen LogP contribution in [0.5, 0.6) is 5.75 Å². The molecular weight excluding hydrogens is 240 g/mol. The van der Waals surface area contributed by atoms with Gasteiger partial charge < -0.3 is 10.5 Å². The van der Waals surface area contributed by atoms with Crippen molar-refractivity contribution in [3.63, 3.8) is 0 Å². The third kappa shape index (κ3) is 5.55. The van der Waals surface area contributed by atoms with Crippen LogP contribution in [0.3, 0.4) is 0 Å². The molecule has 0 aromatic heterocycles. The van der Waals surface area contributed by atoms with Crippen molar-refractivity contribution in [3.05, 3.63) is 24.3 Å². The van der Waals surface area contributed by atoms with Crippen LogP contribution in [0.2, 0.25) is 0 Å². The second-order valence-corrected chi connectivity index (χ2v) is 5.56. The second kappa shape index (κ2) is 6.46. The second-order valence-electron chi connectivity index (χ2n) is 3.63. The lowest BCUT2D eigenvalue weighted by Gasteiger charge is -2.08. The number of benzene rings is 1. The Bertz CT molecular complexity index is 429. The highest BCUT2D eigenvalue weighted by Gasteiger charge is 2.06. The Balaban J connectivity index is 2.27. The van der Waals surface area contributed by atoms with Crippen molar-refractivity contribution in [2.75, 3.05) is 24.6 Å². The zero-order valence-electron chi connectivity index (χ0n) is 9.85. The molecule has 0 spiro atoms. The van der Waals surface area contributed by atoms with Gasteiger partial charge in [0, 0.05) is 12.2 Å². The molecule has 0 amide bonds. The highest BCUT2D eigenvalue weighted by molar-refractivity contribution is 7.89. The van der Waals surface area contributed by atoms with E-state index < -0.39 is 10.0 Å². The molecule has 0 unspecified atom stereocenters. The number of anilines is 1. The smallest absolute Gasteiger partial charge is 0.211 e. The first-order valence-electron chi connectivity index (χ1n) is 5.49. The highest BCUT2D eigenvalue weighted by Crippen LogP contribution is 2.12. The zero-order valence-corrected chi connectivity index (χ0v) is 10.7. The summed E-state index contributed by atoms with van der Waals surface area (Å²) in [6, 6.07) is 6.96. The summed E-state index contributed by atoms with van der Waals surface area (Å²) in [5.74, 6) is 0.823. The molecule has 17 heavy (non-hydrogen) atoms. The van der Waals surface area contributed by atoms with Crippen LogP contribution in [0.1, 0.15) is 13.3 Å². The fourth-order valence-corrected chi connectivity index (χ4v) is 2.35. The van der Waals surface area contributed by atoms with E-state index in [9.17, 15) is 8.42 Å². The molecule has 0 saturated carbocycles. The predicted molar refractivity (Wildman–Crippen MR) is 68.4 cm³/mol. The van der Waals surface area contributed by atoms with E-state index in [1.165, 1.54) is 0 Å². The topological polar surface area (TPSA) is 81.4 Å². The van der Waals surface area contributed by atoms with E-state index in [1.807, 2.05) is 6.92 Å². The normalized spacial score (nSPS) is 11.4.